The van der Waals surface area contributed by atoms with E-state index in [9.17, 15) is 4.79 Å². The fourth-order valence-corrected chi connectivity index (χ4v) is 6.58. The zero-order chi connectivity index (χ0) is 29.1. The van der Waals surface area contributed by atoms with E-state index in [1.807, 2.05) is 48.1 Å². The number of hydrogen-bond acceptors (Lipinski definition) is 6. The van der Waals surface area contributed by atoms with Crippen LogP contribution in [0.25, 0.3) is 38.6 Å². The molecule has 0 spiro atoms. The molecular weight excluding hydrogens is 510 g/mol. The lowest BCUT2D eigenvalue weighted by atomic mass is 9.77. The first-order chi connectivity index (χ1) is 19.4. The van der Waals surface area contributed by atoms with Crippen LogP contribution < -0.4 is 11.1 Å². The number of pyridine rings is 2. The molecule has 1 aliphatic rings. The fourth-order valence-electron chi connectivity index (χ4n) is 6.58. The van der Waals surface area contributed by atoms with Crippen LogP contribution in [0.15, 0.2) is 67.0 Å². The monoisotopic (exact) mass is 547 g/mol. The Kier molecular flexibility index (Phi) is 6.34. The van der Waals surface area contributed by atoms with Crippen molar-refractivity contribution in [2.45, 2.75) is 64.6 Å². The number of piperidine rings is 1. The van der Waals surface area contributed by atoms with E-state index in [4.69, 9.17) is 10.8 Å². The summed E-state index contributed by atoms with van der Waals surface area (Å²) in [6.07, 6.45) is 5.43. The first kappa shape index (κ1) is 26.9. The van der Waals surface area contributed by atoms with Crippen molar-refractivity contribution in [2.24, 2.45) is 5.73 Å². The van der Waals surface area contributed by atoms with Gasteiger partial charge in [-0.1, -0.05) is 30.3 Å². The summed E-state index contributed by atoms with van der Waals surface area (Å²) in [6, 6.07) is 18.6. The molecule has 210 valence electrons. The first-order valence-electron chi connectivity index (χ1n) is 14.1. The number of carbonyl (C=O) groups excluding carboxylic acids is 1. The van der Waals surface area contributed by atoms with Crippen LogP contribution in [-0.2, 0) is 0 Å². The lowest BCUT2D eigenvalue weighted by molar-refractivity contribution is -0.00768. The van der Waals surface area contributed by atoms with Crippen molar-refractivity contribution < 1.29 is 4.79 Å². The molecule has 1 amide bonds. The van der Waals surface area contributed by atoms with Crippen LogP contribution in [0.2, 0.25) is 0 Å². The summed E-state index contributed by atoms with van der Waals surface area (Å²) >= 11 is 0. The largest absolute Gasteiger partial charge is 0.380 e. The van der Waals surface area contributed by atoms with Gasteiger partial charge in [-0.25, -0.2) is 9.67 Å². The number of primary amides is 1. The normalized spacial score (nSPS) is 17.2. The Hall–Kier alpha value is -4.30. The van der Waals surface area contributed by atoms with Crippen molar-refractivity contribution in [3.63, 3.8) is 0 Å². The Labute approximate surface area is 240 Å². The van der Waals surface area contributed by atoms with Crippen LogP contribution in [0, 0.1) is 6.92 Å². The summed E-state index contributed by atoms with van der Waals surface area (Å²) in [6.45, 7) is 11.0. The predicted molar refractivity (Wildman–Crippen MR) is 165 cm³/mol. The maximum absolute atomic E-state index is 12.4. The molecule has 5 aromatic rings. The van der Waals surface area contributed by atoms with Crippen molar-refractivity contribution >= 4 is 33.4 Å². The molecule has 8 heteroatoms. The molecule has 6 rings (SSSR count). The molecule has 1 saturated heterocycles. The maximum Gasteiger partial charge on any atom is 0.269 e. The minimum absolute atomic E-state index is 0.0132. The number of nitrogens with two attached hydrogens (primary N) is 1. The van der Waals surface area contributed by atoms with Gasteiger partial charge in [-0.05, 0) is 84.3 Å². The Morgan fingerprint density at radius 1 is 0.976 bits per heavy atom. The number of aryl methyl sites for hydroxylation is 1. The summed E-state index contributed by atoms with van der Waals surface area (Å²) in [5, 5.41) is 10.7. The van der Waals surface area contributed by atoms with Crippen molar-refractivity contribution in [1.29, 1.82) is 0 Å². The average molecular weight is 548 g/mol. The SMILES string of the molecule is Cc1nn(-c2cnc(C(N)=O)c(NC3CC(C)(C)N(C)C(C)(C)C3)c2)c2cccc(-c3cnc4ccccc4c3)c12. The van der Waals surface area contributed by atoms with Gasteiger partial charge in [0.2, 0.25) is 0 Å². The van der Waals surface area contributed by atoms with Crippen molar-refractivity contribution in [3.8, 4) is 16.8 Å². The van der Waals surface area contributed by atoms with Gasteiger partial charge in [-0.3, -0.25) is 14.7 Å². The number of anilines is 1. The molecule has 0 radical (unpaired) electrons. The number of nitrogens with zero attached hydrogens (tertiary/aromatic N) is 5. The summed E-state index contributed by atoms with van der Waals surface area (Å²) in [7, 11) is 2.18. The molecule has 8 nitrogen and oxygen atoms in total. The van der Waals surface area contributed by atoms with Gasteiger partial charge >= 0.3 is 0 Å². The third-order valence-corrected chi connectivity index (χ3v) is 8.80. The second-order valence-electron chi connectivity index (χ2n) is 12.5. The van der Waals surface area contributed by atoms with Gasteiger partial charge in [0.05, 0.1) is 34.3 Å². The molecule has 3 aromatic heterocycles. The summed E-state index contributed by atoms with van der Waals surface area (Å²) < 4.78 is 1.90. The molecular formula is C33H37N7O. The molecule has 0 atom stereocenters. The van der Waals surface area contributed by atoms with Crippen LogP contribution >= 0.6 is 0 Å². The van der Waals surface area contributed by atoms with E-state index in [1.165, 1.54) is 0 Å². The van der Waals surface area contributed by atoms with Gasteiger partial charge < -0.3 is 11.1 Å². The van der Waals surface area contributed by atoms with Crippen LogP contribution in [0.1, 0.15) is 56.7 Å². The number of nitrogens with one attached hydrogen (secondary N) is 1. The van der Waals surface area contributed by atoms with Crippen molar-refractivity contribution in [1.82, 2.24) is 24.6 Å². The van der Waals surface area contributed by atoms with Crippen LogP contribution in [0.3, 0.4) is 0 Å². The van der Waals surface area contributed by atoms with E-state index in [0.29, 0.717) is 5.69 Å². The second kappa shape index (κ2) is 9.66. The Balaban J connectivity index is 1.42. The quantitative estimate of drug-likeness (QED) is 0.275. The minimum atomic E-state index is -0.557. The van der Waals surface area contributed by atoms with Gasteiger partial charge in [-0.15, -0.1) is 0 Å². The van der Waals surface area contributed by atoms with Gasteiger partial charge in [-0.2, -0.15) is 5.10 Å². The van der Waals surface area contributed by atoms with Crippen LogP contribution in [0.5, 0.6) is 0 Å². The molecule has 1 fully saturated rings. The molecule has 4 heterocycles. The zero-order valence-electron chi connectivity index (χ0n) is 24.6. The highest BCUT2D eigenvalue weighted by atomic mass is 16.1. The molecule has 0 bridgehead atoms. The number of likely N-dealkylation sites (tertiary alicyclic amines) is 1. The number of aromatic nitrogens is 4. The van der Waals surface area contributed by atoms with E-state index in [-0.39, 0.29) is 22.8 Å². The maximum atomic E-state index is 12.4. The molecule has 1 aliphatic heterocycles. The summed E-state index contributed by atoms with van der Waals surface area (Å²) in [5.74, 6) is -0.557. The van der Waals surface area contributed by atoms with Crippen molar-refractivity contribution in [3.05, 3.63) is 78.4 Å². The Morgan fingerprint density at radius 3 is 2.44 bits per heavy atom. The molecule has 3 N–H and O–H groups in total. The minimum Gasteiger partial charge on any atom is -0.380 e. The Bertz CT molecular complexity index is 1780. The molecule has 2 aromatic carbocycles. The lowest BCUT2D eigenvalue weighted by Crippen LogP contribution is -2.61. The first-order valence-corrected chi connectivity index (χ1v) is 14.1. The van der Waals surface area contributed by atoms with Crippen LogP contribution in [0.4, 0.5) is 5.69 Å². The second-order valence-corrected chi connectivity index (χ2v) is 12.5. The van der Waals surface area contributed by atoms with Crippen LogP contribution in [-0.4, -0.2) is 54.7 Å². The Morgan fingerprint density at radius 2 is 1.71 bits per heavy atom. The fraction of sp³-hybridized carbons (Fsp3) is 0.333. The van der Waals surface area contributed by atoms with Gasteiger partial charge in [0.1, 0.15) is 0 Å². The average Bonchev–Trinajstić information content (AvgIpc) is 3.27. The predicted octanol–water partition coefficient (Wildman–Crippen LogP) is 6.11. The third-order valence-electron chi connectivity index (χ3n) is 8.80. The topological polar surface area (TPSA) is 102 Å². The van der Waals surface area contributed by atoms with E-state index in [2.05, 4.69) is 79.2 Å². The molecule has 0 aliphatic carbocycles. The van der Waals surface area contributed by atoms with E-state index < -0.39 is 5.91 Å². The number of rotatable bonds is 5. The molecule has 41 heavy (non-hydrogen) atoms. The van der Waals surface area contributed by atoms with Crippen molar-refractivity contribution in [2.75, 3.05) is 12.4 Å². The zero-order valence-corrected chi connectivity index (χ0v) is 24.6. The smallest absolute Gasteiger partial charge is 0.269 e. The van der Waals surface area contributed by atoms with Gasteiger partial charge in [0, 0.05) is 39.7 Å². The summed E-state index contributed by atoms with van der Waals surface area (Å²) in [4.78, 5) is 24.1. The van der Waals surface area contributed by atoms with E-state index >= 15 is 0 Å². The number of hydrogen-bond donors (Lipinski definition) is 2. The highest BCUT2D eigenvalue weighted by molar-refractivity contribution is 6.00. The highest BCUT2D eigenvalue weighted by Gasteiger charge is 2.43. The number of carbonyl (C=O) groups is 1. The van der Waals surface area contributed by atoms with E-state index in [0.717, 1.165) is 57.2 Å². The van der Waals surface area contributed by atoms with E-state index in [1.54, 1.807) is 6.20 Å². The number of benzene rings is 2. The standard InChI is InChI=1S/C33H37N7O/c1-20-29-25(22-14-21-10-7-8-12-26(21)35-18-22)11-9-13-28(29)40(38-20)24-15-27(30(31(34)41)36-19-24)37-23-16-32(2,3)39(6)33(4,5)17-23/h7-15,18-19,23,37H,16-17H2,1-6H3,(H2,34,41). The lowest BCUT2D eigenvalue weighted by Gasteiger charge is -2.54. The number of amides is 1. The molecule has 0 saturated carbocycles. The third kappa shape index (κ3) is 4.72. The molecule has 0 unspecified atom stereocenters. The van der Waals surface area contributed by atoms with Gasteiger partial charge in [0.15, 0.2) is 5.69 Å². The number of para-hydroxylation sites is 1. The summed E-state index contributed by atoms with van der Waals surface area (Å²) in [5.41, 5.74) is 12.3. The van der Waals surface area contributed by atoms with Gasteiger partial charge in [0.25, 0.3) is 5.91 Å². The highest BCUT2D eigenvalue weighted by Crippen LogP contribution is 2.39. The number of fused-ring (bicyclic) bond motifs is 2.